The van der Waals surface area contributed by atoms with Gasteiger partial charge in [0.15, 0.2) is 0 Å². The third-order valence-electron chi connectivity index (χ3n) is 2.51. The fourth-order valence-electron chi connectivity index (χ4n) is 1.66. The minimum absolute atomic E-state index is 0.242. The van der Waals surface area contributed by atoms with Crippen molar-refractivity contribution >= 4 is 17.2 Å². The van der Waals surface area contributed by atoms with E-state index in [4.69, 9.17) is 0 Å². The van der Waals surface area contributed by atoms with Crippen LogP contribution in [0.4, 0.5) is 10.1 Å². The van der Waals surface area contributed by atoms with Gasteiger partial charge in [-0.15, -0.1) is 0 Å². The van der Waals surface area contributed by atoms with Gasteiger partial charge in [0.05, 0.1) is 5.69 Å². The molecule has 0 saturated heterocycles. The maximum absolute atomic E-state index is 12.6. The zero-order chi connectivity index (χ0) is 11.4. The Hall–Kier alpha value is -1.71. The summed E-state index contributed by atoms with van der Waals surface area (Å²) < 4.78 is 12.6. The molecular formula is C12H13FN2O. The quantitative estimate of drug-likeness (QED) is 0.778. The number of hydrogen-bond donors (Lipinski definition) is 1. The standard InChI is InChI=1S/C12H13FN2O/c13-9-4-6-10(7-5-9)14-15-11-2-1-3-12(16)8-11/h4-7,14H,1-3,8H2/b15-11+. The van der Waals surface area contributed by atoms with Crippen LogP contribution in [0.1, 0.15) is 25.7 Å². The van der Waals surface area contributed by atoms with Gasteiger partial charge in [-0.05, 0) is 37.1 Å². The molecule has 0 bridgehead atoms. The number of halogens is 1. The lowest BCUT2D eigenvalue weighted by atomic mass is 9.97. The number of ketones is 1. The topological polar surface area (TPSA) is 41.5 Å². The van der Waals surface area contributed by atoms with Gasteiger partial charge in [0.2, 0.25) is 0 Å². The van der Waals surface area contributed by atoms with Crippen LogP contribution in [0, 0.1) is 5.82 Å². The maximum Gasteiger partial charge on any atom is 0.138 e. The van der Waals surface area contributed by atoms with E-state index in [9.17, 15) is 9.18 Å². The van der Waals surface area contributed by atoms with Crippen molar-refractivity contribution in [3.8, 4) is 0 Å². The van der Waals surface area contributed by atoms with E-state index in [0.717, 1.165) is 24.2 Å². The molecule has 1 aliphatic rings. The smallest absolute Gasteiger partial charge is 0.138 e. The van der Waals surface area contributed by atoms with Crippen molar-refractivity contribution < 1.29 is 9.18 Å². The average Bonchev–Trinajstić information content (AvgIpc) is 2.28. The SMILES string of the molecule is O=C1CCC/C(=N\Nc2ccc(F)cc2)C1. The molecule has 1 aromatic carbocycles. The molecule has 1 saturated carbocycles. The van der Waals surface area contributed by atoms with E-state index in [-0.39, 0.29) is 11.6 Å². The summed E-state index contributed by atoms with van der Waals surface area (Å²) in [5.41, 5.74) is 4.44. The number of carbonyl (C=O) groups excluding carboxylic acids is 1. The maximum atomic E-state index is 12.6. The Bertz CT molecular complexity index is 412. The number of hydrogen-bond acceptors (Lipinski definition) is 3. The highest BCUT2D eigenvalue weighted by molar-refractivity contribution is 6.04. The summed E-state index contributed by atoms with van der Waals surface area (Å²) in [5.74, 6) is -0.0306. The van der Waals surface area contributed by atoms with E-state index in [2.05, 4.69) is 10.5 Å². The molecule has 16 heavy (non-hydrogen) atoms. The Morgan fingerprint density at radius 3 is 2.62 bits per heavy atom. The molecule has 0 radical (unpaired) electrons. The van der Waals surface area contributed by atoms with Gasteiger partial charge in [-0.3, -0.25) is 10.2 Å². The minimum Gasteiger partial charge on any atom is -0.299 e. The lowest BCUT2D eigenvalue weighted by Crippen LogP contribution is -2.15. The molecule has 1 aliphatic carbocycles. The van der Waals surface area contributed by atoms with Gasteiger partial charge < -0.3 is 0 Å². The number of benzene rings is 1. The summed E-state index contributed by atoms with van der Waals surface area (Å²) in [7, 11) is 0. The number of Topliss-reactive ketones (excluding diaryl/α,β-unsaturated/α-hetero) is 1. The molecule has 0 amide bonds. The second-order valence-electron chi connectivity index (χ2n) is 3.87. The molecule has 4 heteroatoms. The van der Waals surface area contributed by atoms with Crippen LogP contribution in [-0.4, -0.2) is 11.5 Å². The van der Waals surface area contributed by atoms with Crippen LogP contribution < -0.4 is 5.43 Å². The predicted octanol–water partition coefficient (Wildman–Crippen LogP) is 2.74. The first kappa shape index (κ1) is 10.8. The molecule has 1 aromatic rings. The van der Waals surface area contributed by atoms with Crippen LogP contribution in [-0.2, 0) is 4.79 Å². The van der Waals surface area contributed by atoms with Gasteiger partial charge in [0.25, 0.3) is 0 Å². The van der Waals surface area contributed by atoms with Crippen LogP contribution in [0.25, 0.3) is 0 Å². The van der Waals surface area contributed by atoms with Gasteiger partial charge in [-0.25, -0.2) is 4.39 Å². The van der Waals surface area contributed by atoms with Crippen LogP contribution >= 0.6 is 0 Å². The molecule has 0 aliphatic heterocycles. The molecule has 1 fully saturated rings. The lowest BCUT2D eigenvalue weighted by molar-refractivity contribution is -0.118. The number of nitrogens with zero attached hydrogens (tertiary/aromatic N) is 1. The number of rotatable bonds is 2. The first-order chi connectivity index (χ1) is 7.74. The fraction of sp³-hybridized carbons (Fsp3) is 0.333. The van der Waals surface area contributed by atoms with Crippen LogP contribution in [0.5, 0.6) is 0 Å². The summed E-state index contributed by atoms with van der Waals surface area (Å²) >= 11 is 0. The third-order valence-corrected chi connectivity index (χ3v) is 2.51. The van der Waals surface area contributed by atoms with E-state index < -0.39 is 0 Å². The molecule has 0 unspecified atom stereocenters. The van der Waals surface area contributed by atoms with Gasteiger partial charge in [-0.1, -0.05) is 0 Å². The molecule has 84 valence electrons. The van der Waals surface area contributed by atoms with E-state index in [1.807, 2.05) is 0 Å². The Morgan fingerprint density at radius 1 is 1.19 bits per heavy atom. The minimum atomic E-state index is -0.272. The van der Waals surface area contributed by atoms with E-state index in [1.165, 1.54) is 12.1 Å². The highest BCUT2D eigenvalue weighted by atomic mass is 19.1. The Labute approximate surface area is 93.4 Å². The summed E-state index contributed by atoms with van der Waals surface area (Å²) in [6, 6.07) is 5.97. The molecule has 2 rings (SSSR count). The van der Waals surface area contributed by atoms with Crippen molar-refractivity contribution in [1.82, 2.24) is 0 Å². The third kappa shape index (κ3) is 2.89. The van der Waals surface area contributed by atoms with E-state index >= 15 is 0 Å². The number of carbonyl (C=O) groups is 1. The Balaban J connectivity index is 1.97. The van der Waals surface area contributed by atoms with Gasteiger partial charge in [-0.2, -0.15) is 5.10 Å². The van der Waals surface area contributed by atoms with Gasteiger partial charge in [0.1, 0.15) is 11.6 Å². The normalized spacial score (nSPS) is 18.8. The summed E-state index contributed by atoms with van der Waals surface area (Å²) in [6.07, 6.45) is 2.84. The van der Waals surface area contributed by atoms with Crippen LogP contribution in [0.3, 0.4) is 0 Å². The second kappa shape index (κ2) is 4.88. The molecule has 0 heterocycles. The van der Waals surface area contributed by atoms with Crippen LogP contribution in [0.2, 0.25) is 0 Å². The molecular weight excluding hydrogens is 207 g/mol. The summed E-state index contributed by atoms with van der Waals surface area (Å²) in [5, 5.41) is 4.16. The lowest BCUT2D eigenvalue weighted by Gasteiger charge is -2.11. The monoisotopic (exact) mass is 220 g/mol. The van der Waals surface area contributed by atoms with E-state index in [1.54, 1.807) is 12.1 Å². The summed E-state index contributed by atoms with van der Waals surface area (Å²) in [6.45, 7) is 0. The average molecular weight is 220 g/mol. The molecule has 0 aromatic heterocycles. The molecule has 0 atom stereocenters. The molecule has 0 spiro atoms. The largest absolute Gasteiger partial charge is 0.299 e. The number of nitrogens with one attached hydrogen (secondary N) is 1. The first-order valence-electron chi connectivity index (χ1n) is 5.33. The van der Waals surface area contributed by atoms with Crippen molar-refractivity contribution in [2.24, 2.45) is 5.10 Å². The van der Waals surface area contributed by atoms with E-state index in [0.29, 0.717) is 12.8 Å². The Morgan fingerprint density at radius 2 is 1.94 bits per heavy atom. The zero-order valence-electron chi connectivity index (χ0n) is 8.87. The molecule has 3 nitrogen and oxygen atoms in total. The second-order valence-corrected chi connectivity index (χ2v) is 3.87. The number of anilines is 1. The fourth-order valence-corrected chi connectivity index (χ4v) is 1.66. The highest BCUT2D eigenvalue weighted by Gasteiger charge is 2.14. The highest BCUT2D eigenvalue weighted by Crippen LogP contribution is 2.13. The van der Waals surface area contributed by atoms with Crippen molar-refractivity contribution in [1.29, 1.82) is 0 Å². The van der Waals surface area contributed by atoms with Gasteiger partial charge in [0, 0.05) is 18.6 Å². The molecule has 1 N–H and O–H groups in total. The predicted molar refractivity (Wildman–Crippen MR) is 60.9 cm³/mol. The first-order valence-corrected chi connectivity index (χ1v) is 5.33. The van der Waals surface area contributed by atoms with Crippen molar-refractivity contribution in [2.45, 2.75) is 25.7 Å². The summed E-state index contributed by atoms with van der Waals surface area (Å²) in [4.78, 5) is 11.2. The number of hydrazone groups is 1. The van der Waals surface area contributed by atoms with Crippen LogP contribution in [0.15, 0.2) is 29.4 Å². The van der Waals surface area contributed by atoms with Crippen molar-refractivity contribution in [2.75, 3.05) is 5.43 Å². The Kier molecular flexibility index (Phi) is 3.29. The zero-order valence-corrected chi connectivity index (χ0v) is 8.87. The van der Waals surface area contributed by atoms with Gasteiger partial charge >= 0.3 is 0 Å². The van der Waals surface area contributed by atoms with Crippen molar-refractivity contribution in [3.63, 3.8) is 0 Å². The van der Waals surface area contributed by atoms with Crippen molar-refractivity contribution in [3.05, 3.63) is 30.1 Å².